The lowest BCUT2D eigenvalue weighted by Gasteiger charge is -2.23. The van der Waals surface area contributed by atoms with E-state index in [-0.39, 0.29) is 12.1 Å². The van der Waals surface area contributed by atoms with Crippen LogP contribution in [0.15, 0.2) is 18.2 Å². The van der Waals surface area contributed by atoms with Crippen molar-refractivity contribution in [2.75, 3.05) is 6.61 Å². The maximum Gasteiger partial charge on any atom is 0.199 e. The normalized spacial score (nSPS) is 20.0. The van der Waals surface area contributed by atoms with E-state index in [1.807, 2.05) is 25.1 Å². The van der Waals surface area contributed by atoms with Crippen LogP contribution in [0.2, 0.25) is 0 Å². The fraction of sp³-hybridized carbons (Fsp3) is 0.500. The highest BCUT2D eigenvalue weighted by molar-refractivity contribution is 5.95. The molecule has 0 amide bonds. The molecule has 1 aliphatic heterocycles. The molecule has 1 heterocycles. The lowest BCUT2D eigenvalue weighted by molar-refractivity contribution is -0.105. The van der Waals surface area contributed by atoms with Gasteiger partial charge in [-0.2, -0.15) is 0 Å². The molecule has 0 radical (unpaired) electrons. The number of hydrogen-bond acceptors (Lipinski definition) is 3. The van der Waals surface area contributed by atoms with Crippen LogP contribution in [0, 0.1) is 6.92 Å². The highest BCUT2D eigenvalue weighted by atomic mass is 16.7. The first-order valence-corrected chi connectivity index (χ1v) is 6.06. The van der Waals surface area contributed by atoms with Crippen LogP contribution in [0.25, 0.3) is 0 Å². The van der Waals surface area contributed by atoms with Crippen molar-refractivity contribution in [3.8, 4) is 5.75 Å². The molecule has 0 aromatic heterocycles. The van der Waals surface area contributed by atoms with Crippen molar-refractivity contribution in [1.29, 1.82) is 0 Å². The van der Waals surface area contributed by atoms with E-state index in [9.17, 15) is 4.79 Å². The first kappa shape index (κ1) is 12.1. The Morgan fingerprint density at radius 1 is 1.41 bits per heavy atom. The van der Waals surface area contributed by atoms with Gasteiger partial charge in [-0.25, -0.2) is 0 Å². The van der Waals surface area contributed by atoms with E-state index in [0.717, 1.165) is 42.7 Å². The third-order valence-electron chi connectivity index (χ3n) is 2.98. The summed E-state index contributed by atoms with van der Waals surface area (Å²) in [6, 6.07) is 5.55. The van der Waals surface area contributed by atoms with Crippen molar-refractivity contribution in [2.45, 2.75) is 39.4 Å². The second kappa shape index (κ2) is 5.32. The van der Waals surface area contributed by atoms with Crippen LogP contribution in [0.1, 0.15) is 42.1 Å². The van der Waals surface area contributed by atoms with Crippen molar-refractivity contribution in [3.63, 3.8) is 0 Å². The summed E-state index contributed by atoms with van der Waals surface area (Å²) in [5, 5.41) is 0. The summed E-state index contributed by atoms with van der Waals surface area (Å²) >= 11 is 0. The van der Waals surface area contributed by atoms with E-state index in [4.69, 9.17) is 9.47 Å². The molecular formula is C14H18O3. The highest BCUT2D eigenvalue weighted by Gasteiger charge is 2.15. The number of hydrogen-bond donors (Lipinski definition) is 0. The van der Waals surface area contributed by atoms with Gasteiger partial charge in [0, 0.05) is 12.0 Å². The number of benzene rings is 1. The summed E-state index contributed by atoms with van der Waals surface area (Å²) in [5.74, 6) is 0.863. The third-order valence-corrected chi connectivity index (χ3v) is 2.98. The maximum absolute atomic E-state index is 11.3. The molecule has 1 fully saturated rings. The van der Waals surface area contributed by atoms with Crippen molar-refractivity contribution in [1.82, 2.24) is 0 Å². The molecule has 1 aliphatic rings. The Balaban J connectivity index is 2.06. The zero-order valence-electron chi connectivity index (χ0n) is 10.4. The molecule has 1 aromatic rings. The number of carbonyl (C=O) groups excluding carboxylic acids is 1. The minimum Gasteiger partial charge on any atom is -0.465 e. The van der Waals surface area contributed by atoms with Gasteiger partial charge in [-0.3, -0.25) is 4.79 Å². The van der Waals surface area contributed by atoms with E-state index in [2.05, 4.69) is 0 Å². The molecule has 0 spiro atoms. The van der Waals surface area contributed by atoms with Crippen LogP contribution in [-0.4, -0.2) is 18.7 Å². The van der Waals surface area contributed by atoms with E-state index < -0.39 is 0 Å². The Hall–Kier alpha value is -1.35. The summed E-state index contributed by atoms with van der Waals surface area (Å²) in [4.78, 5) is 11.3. The fourth-order valence-corrected chi connectivity index (χ4v) is 2.06. The monoisotopic (exact) mass is 234 g/mol. The molecule has 92 valence electrons. The Kier molecular flexibility index (Phi) is 3.79. The van der Waals surface area contributed by atoms with Crippen LogP contribution in [0.4, 0.5) is 0 Å². The number of ether oxygens (including phenoxy) is 2. The zero-order chi connectivity index (χ0) is 12.3. The quantitative estimate of drug-likeness (QED) is 0.754. The smallest absolute Gasteiger partial charge is 0.199 e. The van der Waals surface area contributed by atoms with Gasteiger partial charge in [0.2, 0.25) is 0 Å². The summed E-state index contributed by atoms with van der Waals surface area (Å²) in [7, 11) is 0. The van der Waals surface area contributed by atoms with Crippen molar-refractivity contribution >= 4 is 5.78 Å². The van der Waals surface area contributed by atoms with E-state index in [1.54, 1.807) is 6.92 Å². The molecule has 3 heteroatoms. The first-order chi connectivity index (χ1) is 8.16. The van der Waals surface area contributed by atoms with E-state index >= 15 is 0 Å². The standard InChI is InChI=1S/C14H18O3/c1-10-9-12(6-7-13(10)11(2)15)17-14-5-3-4-8-16-14/h6-7,9,14H,3-5,8H2,1-2H3/t14-/m1/s1. The fourth-order valence-electron chi connectivity index (χ4n) is 2.06. The molecule has 1 aromatic carbocycles. The summed E-state index contributed by atoms with van der Waals surface area (Å²) in [5.41, 5.74) is 1.70. The molecule has 0 unspecified atom stereocenters. The predicted molar refractivity (Wildman–Crippen MR) is 65.4 cm³/mol. The first-order valence-electron chi connectivity index (χ1n) is 6.06. The molecule has 0 aliphatic carbocycles. The average Bonchev–Trinajstić information content (AvgIpc) is 2.30. The molecular weight excluding hydrogens is 216 g/mol. The minimum absolute atomic E-state index is 0.0861. The number of carbonyl (C=O) groups is 1. The van der Waals surface area contributed by atoms with Gasteiger partial charge in [0.1, 0.15) is 5.75 Å². The summed E-state index contributed by atoms with van der Waals surface area (Å²) < 4.78 is 11.2. The number of ketones is 1. The summed E-state index contributed by atoms with van der Waals surface area (Å²) in [6.45, 7) is 4.27. The zero-order valence-corrected chi connectivity index (χ0v) is 10.4. The van der Waals surface area contributed by atoms with Gasteiger partial charge in [-0.05, 0) is 50.5 Å². The van der Waals surface area contributed by atoms with Crippen LogP contribution in [0.3, 0.4) is 0 Å². The lowest BCUT2D eigenvalue weighted by Crippen LogP contribution is -2.25. The van der Waals surface area contributed by atoms with Crippen molar-refractivity contribution in [2.24, 2.45) is 0 Å². The van der Waals surface area contributed by atoms with Gasteiger partial charge in [0.15, 0.2) is 12.1 Å². The average molecular weight is 234 g/mol. The Labute approximate surface area is 102 Å². The molecule has 1 saturated heterocycles. The number of aryl methyl sites for hydroxylation is 1. The molecule has 17 heavy (non-hydrogen) atoms. The Morgan fingerprint density at radius 2 is 2.24 bits per heavy atom. The second-order valence-corrected chi connectivity index (χ2v) is 4.45. The molecule has 1 atom stereocenters. The largest absolute Gasteiger partial charge is 0.465 e. The summed E-state index contributed by atoms with van der Waals surface area (Å²) in [6.07, 6.45) is 3.07. The van der Waals surface area contributed by atoms with Gasteiger partial charge in [0.25, 0.3) is 0 Å². The van der Waals surface area contributed by atoms with Crippen molar-refractivity contribution < 1.29 is 14.3 Å². The van der Waals surface area contributed by atoms with Gasteiger partial charge in [0.05, 0.1) is 6.61 Å². The third kappa shape index (κ3) is 3.07. The van der Waals surface area contributed by atoms with Crippen LogP contribution < -0.4 is 4.74 Å². The van der Waals surface area contributed by atoms with E-state index in [1.165, 1.54) is 0 Å². The molecule has 2 rings (SSSR count). The van der Waals surface area contributed by atoms with Gasteiger partial charge in [-0.1, -0.05) is 0 Å². The predicted octanol–water partition coefficient (Wildman–Crippen LogP) is 3.10. The maximum atomic E-state index is 11.3. The van der Waals surface area contributed by atoms with Crippen LogP contribution in [-0.2, 0) is 4.74 Å². The number of Topliss-reactive ketones (excluding diaryl/α,β-unsaturated/α-hetero) is 1. The van der Waals surface area contributed by atoms with Crippen molar-refractivity contribution in [3.05, 3.63) is 29.3 Å². The Bertz CT molecular complexity index is 406. The SMILES string of the molecule is CC(=O)c1ccc(O[C@@H]2CCCCO2)cc1C. The van der Waals surface area contributed by atoms with Gasteiger partial charge >= 0.3 is 0 Å². The van der Waals surface area contributed by atoms with Gasteiger partial charge in [-0.15, -0.1) is 0 Å². The van der Waals surface area contributed by atoms with Crippen LogP contribution >= 0.6 is 0 Å². The molecule has 3 nitrogen and oxygen atoms in total. The number of rotatable bonds is 3. The van der Waals surface area contributed by atoms with Gasteiger partial charge < -0.3 is 9.47 Å². The minimum atomic E-state index is -0.133. The topological polar surface area (TPSA) is 35.5 Å². The van der Waals surface area contributed by atoms with E-state index in [0.29, 0.717) is 0 Å². The Morgan fingerprint density at radius 3 is 2.82 bits per heavy atom. The lowest BCUT2D eigenvalue weighted by atomic mass is 10.1. The second-order valence-electron chi connectivity index (χ2n) is 4.45. The molecule has 0 bridgehead atoms. The molecule has 0 saturated carbocycles. The highest BCUT2D eigenvalue weighted by Crippen LogP contribution is 2.22. The molecule has 0 N–H and O–H groups in total. The van der Waals surface area contributed by atoms with Crippen LogP contribution in [0.5, 0.6) is 5.75 Å².